The predicted molar refractivity (Wildman–Crippen MR) is 138 cm³/mol. The van der Waals surface area contributed by atoms with E-state index in [1.54, 1.807) is 30.7 Å². The summed E-state index contributed by atoms with van der Waals surface area (Å²) in [6.45, 7) is 6.79. The van der Waals surface area contributed by atoms with E-state index < -0.39 is 6.09 Å². The van der Waals surface area contributed by atoms with E-state index in [9.17, 15) is 14.4 Å². The largest absolute Gasteiger partial charge is 0.493 e. The van der Waals surface area contributed by atoms with E-state index in [4.69, 9.17) is 14.2 Å². The number of esters is 1. The number of amides is 1. The van der Waals surface area contributed by atoms with E-state index in [1.807, 2.05) is 37.3 Å². The number of carbonyl (C=O) groups excluding carboxylic acids is 2. The SMILES string of the molecule is CCCCn1c(=O)c(NC(=O)OCC)c(-c2cccc(OCCCOC(=O)CC)c2)c2cccnc21. The van der Waals surface area contributed by atoms with Crippen molar-refractivity contribution >= 4 is 28.8 Å². The summed E-state index contributed by atoms with van der Waals surface area (Å²) < 4.78 is 17.6. The second-order valence-electron chi connectivity index (χ2n) is 8.08. The lowest BCUT2D eigenvalue weighted by molar-refractivity contribution is -0.143. The minimum Gasteiger partial charge on any atom is -0.493 e. The summed E-state index contributed by atoms with van der Waals surface area (Å²) in [5.74, 6) is 0.344. The van der Waals surface area contributed by atoms with E-state index >= 15 is 0 Å². The Balaban J connectivity index is 2.02. The van der Waals surface area contributed by atoms with Crippen LogP contribution in [0.5, 0.6) is 5.75 Å². The molecular weight excluding hydrogens is 462 g/mol. The summed E-state index contributed by atoms with van der Waals surface area (Å²) >= 11 is 0. The van der Waals surface area contributed by atoms with Crippen LogP contribution >= 0.6 is 0 Å². The fourth-order valence-corrected chi connectivity index (χ4v) is 3.77. The minimum absolute atomic E-state index is 0.133. The van der Waals surface area contributed by atoms with Gasteiger partial charge in [-0.05, 0) is 43.2 Å². The number of hydrogen-bond acceptors (Lipinski definition) is 7. The van der Waals surface area contributed by atoms with Gasteiger partial charge in [0.05, 0.1) is 19.8 Å². The lowest BCUT2D eigenvalue weighted by atomic mass is 10.00. The van der Waals surface area contributed by atoms with Crippen LogP contribution in [0.2, 0.25) is 0 Å². The third-order valence-electron chi connectivity index (χ3n) is 5.49. The number of anilines is 1. The Morgan fingerprint density at radius 1 is 1.03 bits per heavy atom. The van der Waals surface area contributed by atoms with E-state index in [2.05, 4.69) is 10.3 Å². The Hall–Kier alpha value is -3.88. The zero-order valence-corrected chi connectivity index (χ0v) is 21.0. The summed E-state index contributed by atoms with van der Waals surface area (Å²) in [6, 6.07) is 11.0. The summed E-state index contributed by atoms with van der Waals surface area (Å²) in [7, 11) is 0. The van der Waals surface area contributed by atoms with Gasteiger partial charge in [-0.2, -0.15) is 0 Å². The molecule has 1 N–H and O–H groups in total. The molecule has 0 saturated heterocycles. The third kappa shape index (κ3) is 6.62. The quantitative estimate of drug-likeness (QED) is 0.273. The van der Waals surface area contributed by atoms with E-state index in [0.717, 1.165) is 18.2 Å². The number of unbranched alkanes of at least 4 members (excludes halogenated alkanes) is 1. The molecule has 0 fully saturated rings. The molecule has 0 aliphatic rings. The monoisotopic (exact) mass is 495 g/mol. The van der Waals surface area contributed by atoms with Gasteiger partial charge in [-0.1, -0.05) is 32.4 Å². The number of carbonyl (C=O) groups is 2. The maximum absolute atomic E-state index is 13.6. The van der Waals surface area contributed by atoms with Gasteiger partial charge in [0, 0.05) is 36.5 Å². The van der Waals surface area contributed by atoms with Gasteiger partial charge in [0.15, 0.2) is 0 Å². The van der Waals surface area contributed by atoms with Gasteiger partial charge < -0.3 is 14.2 Å². The van der Waals surface area contributed by atoms with E-state index in [-0.39, 0.29) is 30.4 Å². The Bertz CT molecular complexity index is 1250. The van der Waals surface area contributed by atoms with Crippen molar-refractivity contribution in [3.63, 3.8) is 0 Å². The number of nitrogens with one attached hydrogen (secondary N) is 1. The van der Waals surface area contributed by atoms with Crippen LogP contribution in [0.4, 0.5) is 10.5 Å². The third-order valence-corrected chi connectivity index (χ3v) is 5.49. The topological polar surface area (TPSA) is 109 Å². The number of nitrogens with zero attached hydrogens (tertiary/aromatic N) is 2. The van der Waals surface area contributed by atoms with Crippen molar-refractivity contribution in [1.29, 1.82) is 0 Å². The first kappa shape index (κ1) is 26.7. The fraction of sp³-hybridized carbons (Fsp3) is 0.407. The molecule has 1 aromatic carbocycles. The zero-order chi connectivity index (χ0) is 25.9. The maximum atomic E-state index is 13.6. The molecule has 9 nitrogen and oxygen atoms in total. The van der Waals surface area contributed by atoms with Crippen molar-refractivity contribution in [3.05, 3.63) is 52.9 Å². The molecule has 9 heteroatoms. The van der Waals surface area contributed by atoms with Gasteiger partial charge in [0.2, 0.25) is 0 Å². The van der Waals surface area contributed by atoms with Gasteiger partial charge in [-0.25, -0.2) is 9.78 Å². The summed E-state index contributed by atoms with van der Waals surface area (Å²) in [6.07, 6.45) is 3.53. The van der Waals surface area contributed by atoms with Crippen LogP contribution in [0.1, 0.15) is 46.5 Å². The fourth-order valence-electron chi connectivity index (χ4n) is 3.77. The van der Waals surface area contributed by atoms with Crippen molar-refractivity contribution in [1.82, 2.24) is 9.55 Å². The highest BCUT2D eigenvalue weighted by atomic mass is 16.5. The molecular formula is C27H33N3O6. The maximum Gasteiger partial charge on any atom is 0.411 e. The lowest BCUT2D eigenvalue weighted by Gasteiger charge is -2.18. The average molecular weight is 496 g/mol. The van der Waals surface area contributed by atoms with Gasteiger partial charge in [0.25, 0.3) is 5.56 Å². The zero-order valence-electron chi connectivity index (χ0n) is 21.0. The summed E-state index contributed by atoms with van der Waals surface area (Å²) in [4.78, 5) is 41.8. The molecule has 0 radical (unpaired) electrons. The van der Waals surface area contributed by atoms with Crippen LogP contribution in [0, 0.1) is 0 Å². The van der Waals surface area contributed by atoms with Crippen LogP contribution < -0.4 is 15.6 Å². The number of fused-ring (bicyclic) bond motifs is 1. The summed E-state index contributed by atoms with van der Waals surface area (Å²) in [5.41, 5.74) is 1.57. The molecule has 0 unspecified atom stereocenters. The van der Waals surface area contributed by atoms with Crippen molar-refractivity contribution in [3.8, 4) is 16.9 Å². The number of benzene rings is 1. The highest BCUT2D eigenvalue weighted by Gasteiger charge is 2.21. The Labute approximate surface area is 210 Å². The first-order chi connectivity index (χ1) is 17.5. The molecule has 0 atom stereocenters. The number of aryl methyl sites for hydroxylation is 1. The first-order valence-electron chi connectivity index (χ1n) is 12.3. The van der Waals surface area contributed by atoms with Crippen LogP contribution in [-0.2, 0) is 20.8 Å². The van der Waals surface area contributed by atoms with Crippen LogP contribution in [-0.4, -0.2) is 41.4 Å². The minimum atomic E-state index is -0.699. The van der Waals surface area contributed by atoms with Crippen LogP contribution in [0.25, 0.3) is 22.2 Å². The number of ether oxygens (including phenoxy) is 3. The standard InChI is InChI=1S/C27H33N3O6/c1-4-7-15-30-25-21(13-9-14-28-25)23(24(26(30)32)29-27(33)34-6-3)19-11-8-12-20(18-19)35-16-10-17-36-22(31)5-2/h8-9,11-14,18H,4-7,10,15-17H2,1-3H3,(H,29,33). The molecule has 2 heterocycles. The van der Waals surface area contributed by atoms with Crippen molar-refractivity contribution < 1.29 is 23.8 Å². The highest BCUT2D eigenvalue weighted by Crippen LogP contribution is 2.34. The average Bonchev–Trinajstić information content (AvgIpc) is 2.88. The van der Waals surface area contributed by atoms with Gasteiger partial charge in [-0.15, -0.1) is 0 Å². The van der Waals surface area contributed by atoms with Gasteiger partial charge in [-0.3, -0.25) is 19.5 Å². The Kier molecular flexibility index (Phi) is 9.85. The number of pyridine rings is 2. The van der Waals surface area contributed by atoms with Crippen LogP contribution in [0.3, 0.4) is 0 Å². The molecule has 1 amide bonds. The summed E-state index contributed by atoms with van der Waals surface area (Å²) in [5, 5.41) is 3.40. The Morgan fingerprint density at radius 2 is 1.86 bits per heavy atom. The van der Waals surface area contributed by atoms with E-state index in [1.165, 1.54) is 0 Å². The number of rotatable bonds is 12. The molecule has 0 saturated carbocycles. The number of aromatic nitrogens is 2. The molecule has 3 aromatic rings. The number of hydrogen-bond donors (Lipinski definition) is 1. The molecule has 3 rings (SSSR count). The van der Waals surface area contributed by atoms with Crippen molar-refractivity contribution in [2.45, 2.75) is 53.0 Å². The molecule has 0 bridgehead atoms. The highest BCUT2D eigenvalue weighted by molar-refractivity contribution is 6.03. The molecule has 2 aromatic heterocycles. The second kappa shape index (κ2) is 13.3. The Morgan fingerprint density at radius 3 is 2.61 bits per heavy atom. The molecule has 0 aliphatic heterocycles. The molecule has 0 spiro atoms. The molecule has 0 aliphatic carbocycles. The van der Waals surface area contributed by atoms with Crippen LogP contribution in [0.15, 0.2) is 47.4 Å². The lowest BCUT2D eigenvalue weighted by Crippen LogP contribution is -2.28. The normalized spacial score (nSPS) is 10.8. The first-order valence-corrected chi connectivity index (χ1v) is 12.3. The van der Waals surface area contributed by atoms with Gasteiger partial charge >= 0.3 is 12.1 Å². The second-order valence-corrected chi connectivity index (χ2v) is 8.08. The smallest absolute Gasteiger partial charge is 0.411 e. The van der Waals surface area contributed by atoms with Gasteiger partial charge in [0.1, 0.15) is 17.1 Å². The van der Waals surface area contributed by atoms with Crippen molar-refractivity contribution in [2.75, 3.05) is 25.1 Å². The van der Waals surface area contributed by atoms with Crippen molar-refractivity contribution in [2.24, 2.45) is 0 Å². The molecule has 192 valence electrons. The van der Waals surface area contributed by atoms with E-state index in [0.29, 0.717) is 48.5 Å². The predicted octanol–water partition coefficient (Wildman–Crippen LogP) is 5.15. The molecule has 36 heavy (non-hydrogen) atoms.